The van der Waals surface area contributed by atoms with E-state index < -0.39 is 5.91 Å². The van der Waals surface area contributed by atoms with Crippen LogP contribution in [-0.4, -0.2) is 25.5 Å². The Morgan fingerprint density at radius 1 is 1.15 bits per heavy atom. The molecule has 7 heteroatoms. The van der Waals surface area contributed by atoms with Crippen LogP contribution in [-0.2, 0) is 0 Å². The first-order chi connectivity index (χ1) is 12.8. The van der Waals surface area contributed by atoms with Crippen molar-refractivity contribution < 1.29 is 9.90 Å². The molecule has 0 atom stereocenters. The van der Waals surface area contributed by atoms with Crippen LogP contribution in [0, 0.1) is 20.8 Å². The van der Waals surface area contributed by atoms with Gasteiger partial charge in [0.25, 0.3) is 5.91 Å². The molecule has 0 aliphatic heterocycles. The number of aryl methyl sites for hydroxylation is 2. The SMILES string of the molecule is Cc1ccc(O)c(C)c1-n1c(N)c(C(N)=O)c2nc(C)c3cccnc3c21. The second-order valence-electron chi connectivity index (χ2n) is 6.63. The van der Waals surface area contributed by atoms with Crippen molar-refractivity contribution in [2.24, 2.45) is 5.73 Å². The number of pyridine rings is 2. The largest absolute Gasteiger partial charge is 0.508 e. The number of anilines is 1. The summed E-state index contributed by atoms with van der Waals surface area (Å²) in [6, 6.07) is 7.18. The van der Waals surface area contributed by atoms with Gasteiger partial charge in [0, 0.05) is 22.8 Å². The third kappa shape index (κ3) is 2.25. The van der Waals surface area contributed by atoms with E-state index in [0.717, 1.165) is 16.6 Å². The van der Waals surface area contributed by atoms with E-state index in [2.05, 4.69) is 9.97 Å². The van der Waals surface area contributed by atoms with Gasteiger partial charge in [-0.2, -0.15) is 0 Å². The lowest BCUT2D eigenvalue weighted by Crippen LogP contribution is -2.14. The van der Waals surface area contributed by atoms with E-state index in [9.17, 15) is 9.90 Å². The predicted molar refractivity (Wildman–Crippen MR) is 105 cm³/mol. The molecule has 3 heterocycles. The first kappa shape index (κ1) is 16.8. The van der Waals surface area contributed by atoms with Gasteiger partial charge in [0.05, 0.1) is 11.2 Å². The Bertz CT molecular complexity index is 1260. The highest BCUT2D eigenvalue weighted by atomic mass is 16.3. The predicted octanol–water partition coefficient (Wildman–Crippen LogP) is 2.89. The molecule has 0 saturated carbocycles. The van der Waals surface area contributed by atoms with Gasteiger partial charge in [0.2, 0.25) is 0 Å². The van der Waals surface area contributed by atoms with E-state index in [4.69, 9.17) is 11.5 Å². The molecule has 5 N–H and O–H groups in total. The van der Waals surface area contributed by atoms with Crippen molar-refractivity contribution in [2.75, 3.05) is 5.73 Å². The number of hydrogen-bond donors (Lipinski definition) is 3. The number of amides is 1. The van der Waals surface area contributed by atoms with Gasteiger partial charge in [-0.25, -0.2) is 4.98 Å². The number of benzene rings is 1. The highest BCUT2D eigenvalue weighted by Crippen LogP contribution is 2.38. The number of aromatic nitrogens is 3. The zero-order valence-corrected chi connectivity index (χ0v) is 15.2. The lowest BCUT2D eigenvalue weighted by atomic mass is 10.1. The molecule has 0 aliphatic rings. The molecule has 0 unspecified atom stereocenters. The van der Waals surface area contributed by atoms with E-state index in [0.29, 0.717) is 27.8 Å². The molecular formula is C20H19N5O2. The molecular weight excluding hydrogens is 342 g/mol. The number of primary amides is 1. The van der Waals surface area contributed by atoms with Crippen molar-refractivity contribution in [1.82, 2.24) is 14.5 Å². The van der Waals surface area contributed by atoms with Crippen LogP contribution in [0.2, 0.25) is 0 Å². The minimum absolute atomic E-state index is 0.134. The van der Waals surface area contributed by atoms with Crippen molar-refractivity contribution in [3.05, 3.63) is 52.8 Å². The number of phenols is 1. The van der Waals surface area contributed by atoms with Crippen molar-refractivity contribution in [1.29, 1.82) is 0 Å². The Balaban J connectivity index is 2.33. The van der Waals surface area contributed by atoms with Gasteiger partial charge in [-0.3, -0.25) is 14.3 Å². The van der Waals surface area contributed by atoms with Gasteiger partial charge in [0.1, 0.15) is 28.2 Å². The molecule has 1 aromatic carbocycles. The topological polar surface area (TPSA) is 120 Å². The third-order valence-electron chi connectivity index (χ3n) is 4.96. The number of carbonyl (C=O) groups excluding carboxylic acids is 1. The molecule has 4 aromatic rings. The molecule has 3 aromatic heterocycles. The van der Waals surface area contributed by atoms with Gasteiger partial charge in [-0.15, -0.1) is 0 Å². The molecule has 0 fully saturated rings. The monoisotopic (exact) mass is 361 g/mol. The number of nitrogens with two attached hydrogens (primary N) is 2. The summed E-state index contributed by atoms with van der Waals surface area (Å²) in [5, 5.41) is 11.1. The number of fused-ring (bicyclic) bond motifs is 3. The van der Waals surface area contributed by atoms with E-state index in [1.165, 1.54) is 0 Å². The first-order valence-electron chi connectivity index (χ1n) is 8.47. The quantitative estimate of drug-likeness (QED) is 0.507. The summed E-state index contributed by atoms with van der Waals surface area (Å²) in [7, 11) is 0. The molecule has 1 amide bonds. The van der Waals surface area contributed by atoms with Crippen molar-refractivity contribution in [3.63, 3.8) is 0 Å². The highest BCUT2D eigenvalue weighted by molar-refractivity contribution is 6.16. The first-order valence-corrected chi connectivity index (χ1v) is 8.47. The summed E-state index contributed by atoms with van der Waals surface area (Å²) in [6.45, 7) is 5.56. The molecule has 7 nitrogen and oxygen atoms in total. The van der Waals surface area contributed by atoms with E-state index >= 15 is 0 Å². The number of rotatable bonds is 2. The average Bonchev–Trinajstić information content (AvgIpc) is 2.91. The van der Waals surface area contributed by atoms with Crippen molar-refractivity contribution >= 4 is 33.7 Å². The lowest BCUT2D eigenvalue weighted by Gasteiger charge is -2.16. The zero-order valence-electron chi connectivity index (χ0n) is 15.2. The zero-order chi connectivity index (χ0) is 19.5. The fourth-order valence-electron chi connectivity index (χ4n) is 3.66. The van der Waals surface area contributed by atoms with Crippen LogP contribution in [0.5, 0.6) is 5.75 Å². The van der Waals surface area contributed by atoms with Crippen LogP contribution >= 0.6 is 0 Å². The van der Waals surface area contributed by atoms with Crippen LogP contribution < -0.4 is 11.5 Å². The molecule has 4 rings (SSSR count). The van der Waals surface area contributed by atoms with Gasteiger partial charge in [-0.1, -0.05) is 6.07 Å². The second kappa shape index (κ2) is 5.70. The number of phenolic OH excluding ortho intramolecular Hbond substituents is 1. The average molecular weight is 361 g/mol. The summed E-state index contributed by atoms with van der Waals surface area (Å²) in [5.41, 5.74) is 16.8. The fraction of sp³-hybridized carbons (Fsp3) is 0.150. The molecule has 0 aliphatic carbocycles. The fourth-order valence-corrected chi connectivity index (χ4v) is 3.66. The number of carbonyl (C=O) groups is 1. The van der Waals surface area contributed by atoms with E-state index in [1.807, 2.05) is 26.0 Å². The van der Waals surface area contributed by atoms with Crippen LogP contribution in [0.4, 0.5) is 5.82 Å². The lowest BCUT2D eigenvalue weighted by molar-refractivity contribution is 0.100. The standard InChI is InChI=1S/C20H19N5O2/c1-9-6-7-13(26)10(2)17(9)25-18-15-12(5-4-8-23-15)11(3)24-16(18)14(19(25)21)20(22)27/h4-8,26H,21H2,1-3H3,(H2,22,27). The van der Waals surface area contributed by atoms with Gasteiger partial charge >= 0.3 is 0 Å². The van der Waals surface area contributed by atoms with Gasteiger partial charge in [-0.05, 0) is 44.5 Å². The molecule has 0 spiro atoms. The Morgan fingerprint density at radius 3 is 2.59 bits per heavy atom. The normalized spacial score (nSPS) is 11.4. The van der Waals surface area contributed by atoms with Crippen LogP contribution in [0.3, 0.4) is 0 Å². The van der Waals surface area contributed by atoms with Crippen LogP contribution in [0.1, 0.15) is 27.2 Å². The molecule has 0 saturated heterocycles. The molecule has 136 valence electrons. The summed E-state index contributed by atoms with van der Waals surface area (Å²) in [6.07, 6.45) is 1.68. The maximum absolute atomic E-state index is 12.2. The summed E-state index contributed by atoms with van der Waals surface area (Å²) in [4.78, 5) is 21.3. The Hall–Kier alpha value is -3.61. The summed E-state index contributed by atoms with van der Waals surface area (Å²) in [5.74, 6) is -0.344. The maximum atomic E-state index is 12.2. The Morgan fingerprint density at radius 2 is 1.89 bits per heavy atom. The molecule has 27 heavy (non-hydrogen) atoms. The minimum atomic E-state index is -0.658. The maximum Gasteiger partial charge on any atom is 0.254 e. The van der Waals surface area contributed by atoms with Crippen LogP contribution in [0.25, 0.3) is 27.6 Å². The molecule has 0 bridgehead atoms. The highest BCUT2D eigenvalue weighted by Gasteiger charge is 2.26. The number of nitrogen functional groups attached to an aromatic ring is 1. The number of nitrogens with zero attached hydrogens (tertiary/aromatic N) is 3. The number of aromatic hydroxyl groups is 1. The van der Waals surface area contributed by atoms with Crippen molar-refractivity contribution in [3.8, 4) is 11.4 Å². The Labute approximate surface area is 155 Å². The second-order valence-corrected chi connectivity index (χ2v) is 6.63. The summed E-state index contributed by atoms with van der Waals surface area (Å²) < 4.78 is 1.72. The third-order valence-corrected chi connectivity index (χ3v) is 4.96. The number of hydrogen-bond acceptors (Lipinski definition) is 5. The van der Waals surface area contributed by atoms with Crippen molar-refractivity contribution in [2.45, 2.75) is 20.8 Å². The van der Waals surface area contributed by atoms with Gasteiger partial charge in [0.15, 0.2) is 0 Å². The minimum Gasteiger partial charge on any atom is -0.508 e. The smallest absolute Gasteiger partial charge is 0.254 e. The van der Waals surface area contributed by atoms with Gasteiger partial charge < -0.3 is 16.6 Å². The van der Waals surface area contributed by atoms with Crippen LogP contribution in [0.15, 0.2) is 30.5 Å². The molecule has 0 radical (unpaired) electrons. The van der Waals surface area contributed by atoms with E-state index in [1.54, 1.807) is 29.8 Å². The van der Waals surface area contributed by atoms with E-state index in [-0.39, 0.29) is 17.1 Å². The summed E-state index contributed by atoms with van der Waals surface area (Å²) >= 11 is 0. The Kier molecular flexibility index (Phi) is 3.56.